The molecular weight excluding hydrogens is 232 g/mol. The number of benzene rings is 1. The molecule has 0 aromatic heterocycles. The first kappa shape index (κ1) is 14.5. The van der Waals surface area contributed by atoms with E-state index in [1.165, 1.54) is 36.9 Å². The van der Waals surface area contributed by atoms with Gasteiger partial charge in [-0.25, -0.2) is 0 Å². The van der Waals surface area contributed by atoms with E-state index in [1.54, 1.807) is 0 Å². The quantitative estimate of drug-likeness (QED) is 0.686. The van der Waals surface area contributed by atoms with Crippen molar-refractivity contribution >= 4 is 0 Å². The second kappa shape index (κ2) is 7.66. The summed E-state index contributed by atoms with van der Waals surface area (Å²) in [7, 11) is 0. The van der Waals surface area contributed by atoms with E-state index in [4.69, 9.17) is 0 Å². The topological polar surface area (TPSA) is 15.3 Å². The van der Waals surface area contributed by atoms with E-state index in [0.29, 0.717) is 0 Å². The first-order valence-corrected chi connectivity index (χ1v) is 7.86. The minimum atomic E-state index is 0.858. The molecule has 0 atom stereocenters. The lowest BCUT2D eigenvalue weighted by molar-refractivity contribution is 0.268. The Morgan fingerprint density at radius 1 is 1.11 bits per heavy atom. The Labute approximate surface area is 118 Å². The molecule has 0 spiro atoms. The molecule has 19 heavy (non-hydrogen) atoms. The van der Waals surface area contributed by atoms with E-state index in [2.05, 4.69) is 48.3 Å². The highest BCUT2D eigenvalue weighted by Gasteiger charge is 2.27. The van der Waals surface area contributed by atoms with Gasteiger partial charge in [0.1, 0.15) is 0 Å². The number of hydrogen-bond acceptors (Lipinski definition) is 2. The molecule has 1 fully saturated rings. The lowest BCUT2D eigenvalue weighted by Crippen LogP contribution is -2.26. The molecule has 1 saturated carbocycles. The van der Waals surface area contributed by atoms with Crippen molar-refractivity contribution in [1.82, 2.24) is 10.2 Å². The maximum absolute atomic E-state index is 3.50. The fraction of sp³-hybridized carbons (Fsp3) is 0.647. The van der Waals surface area contributed by atoms with Gasteiger partial charge in [-0.3, -0.25) is 4.90 Å². The van der Waals surface area contributed by atoms with Crippen molar-refractivity contribution in [3.05, 3.63) is 35.4 Å². The molecule has 2 rings (SSSR count). The molecule has 0 aliphatic heterocycles. The molecule has 0 heterocycles. The van der Waals surface area contributed by atoms with E-state index in [9.17, 15) is 0 Å². The highest BCUT2D eigenvalue weighted by atomic mass is 15.2. The molecule has 1 N–H and O–H groups in total. The van der Waals surface area contributed by atoms with Gasteiger partial charge in [-0.15, -0.1) is 0 Å². The Kier molecular flexibility index (Phi) is 5.87. The standard InChI is InChI=1S/C17H28N2/c1-3-12-18-13-11-15-7-5-6-8-16(15)14-19(4-2)17-9-10-17/h5-8,17-18H,3-4,9-14H2,1-2H3. The smallest absolute Gasteiger partial charge is 0.0239 e. The molecule has 1 aromatic carbocycles. The summed E-state index contributed by atoms with van der Waals surface area (Å²) in [4.78, 5) is 2.62. The normalized spacial score (nSPS) is 15.1. The Bertz CT molecular complexity index is 371. The summed E-state index contributed by atoms with van der Waals surface area (Å²) in [5.41, 5.74) is 3.04. The summed E-state index contributed by atoms with van der Waals surface area (Å²) in [6, 6.07) is 9.81. The lowest BCUT2D eigenvalue weighted by Gasteiger charge is -2.21. The molecule has 2 heteroatoms. The van der Waals surface area contributed by atoms with Gasteiger partial charge in [0.15, 0.2) is 0 Å². The van der Waals surface area contributed by atoms with Gasteiger partial charge < -0.3 is 5.32 Å². The summed E-state index contributed by atoms with van der Waals surface area (Å²) in [5, 5.41) is 3.50. The van der Waals surface area contributed by atoms with Gasteiger partial charge in [0, 0.05) is 12.6 Å². The molecule has 0 amide bonds. The zero-order chi connectivity index (χ0) is 13.5. The Morgan fingerprint density at radius 2 is 1.84 bits per heavy atom. The van der Waals surface area contributed by atoms with Gasteiger partial charge in [0.25, 0.3) is 0 Å². The third-order valence-corrected chi connectivity index (χ3v) is 3.96. The molecule has 0 unspecified atom stereocenters. The molecule has 2 nitrogen and oxygen atoms in total. The molecule has 0 bridgehead atoms. The summed E-state index contributed by atoms with van der Waals surface area (Å²) < 4.78 is 0. The average molecular weight is 260 g/mol. The molecule has 1 aliphatic rings. The van der Waals surface area contributed by atoms with Crippen LogP contribution in [0.25, 0.3) is 0 Å². The van der Waals surface area contributed by atoms with Gasteiger partial charge in [-0.1, -0.05) is 38.1 Å². The second-order valence-electron chi connectivity index (χ2n) is 5.56. The highest BCUT2D eigenvalue weighted by molar-refractivity contribution is 5.27. The molecule has 0 radical (unpaired) electrons. The minimum Gasteiger partial charge on any atom is -0.316 e. The third-order valence-electron chi connectivity index (χ3n) is 3.96. The molecule has 0 saturated heterocycles. The van der Waals surface area contributed by atoms with E-state index >= 15 is 0 Å². The van der Waals surface area contributed by atoms with Crippen molar-refractivity contribution in [2.75, 3.05) is 19.6 Å². The van der Waals surface area contributed by atoms with E-state index < -0.39 is 0 Å². The first-order valence-electron chi connectivity index (χ1n) is 7.86. The third kappa shape index (κ3) is 4.63. The van der Waals surface area contributed by atoms with Crippen molar-refractivity contribution in [3.8, 4) is 0 Å². The fourth-order valence-electron chi connectivity index (χ4n) is 2.64. The number of nitrogens with zero attached hydrogens (tertiary/aromatic N) is 1. The van der Waals surface area contributed by atoms with Gasteiger partial charge in [0.2, 0.25) is 0 Å². The average Bonchev–Trinajstić information content (AvgIpc) is 3.27. The van der Waals surface area contributed by atoms with Crippen LogP contribution in [0, 0.1) is 0 Å². The van der Waals surface area contributed by atoms with Gasteiger partial charge in [-0.05, 0) is 56.4 Å². The highest BCUT2D eigenvalue weighted by Crippen LogP contribution is 2.28. The van der Waals surface area contributed by atoms with Crippen LogP contribution in [-0.4, -0.2) is 30.6 Å². The summed E-state index contributed by atoms with van der Waals surface area (Å²) in [6.45, 7) is 9.03. The largest absolute Gasteiger partial charge is 0.316 e. The maximum Gasteiger partial charge on any atom is 0.0239 e. The van der Waals surface area contributed by atoms with Crippen molar-refractivity contribution in [2.24, 2.45) is 0 Å². The van der Waals surface area contributed by atoms with Crippen LogP contribution in [0.15, 0.2) is 24.3 Å². The van der Waals surface area contributed by atoms with Crippen LogP contribution >= 0.6 is 0 Å². The zero-order valence-corrected chi connectivity index (χ0v) is 12.5. The van der Waals surface area contributed by atoms with Crippen LogP contribution in [0.1, 0.15) is 44.2 Å². The van der Waals surface area contributed by atoms with Crippen molar-refractivity contribution in [2.45, 2.75) is 52.1 Å². The predicted octanol–water partition coefficient (Wildman–Crippen LogP) is 3.21. The fourth-order valence-corrected chi connectivity index (χ4v) is 2.64. The van der Waals surface area contributed by atoms with Crippen LogP contribution in [0.5, 0.6) is 0 Å². The Balaban J connectivity index is 1.91. The van der Waals surface area contributed by atoms with Crippen LogP contribution < -0.4 is 5.32 Å². The van der Waals surface area contributed by atoms with Crippen LogP contribution in [0.3, 0.4) is 0 Å². The Hall–Kier alpha value is -0.860. The Morgan fingerprint density at radius 3 is 2.47 bits per heavy atom. The predicted molar refractivity (Wildman–Crippen MR) is 82.4 cm³/mol. The van der Waals surface area contributed by atoms with Gasteiger partial charge in [0.05, 0.1) is 0 Å². The van der Waals surface area contributed by atoms with Gasteiger partial charge >= 0.3 is 0 Å². The molecule has 1 aliphatic carbocycles. The van der Waals surface area contributed by atoms with Crippen LogP contribution in [0.2, 0.25) is 0 Å². The minimum absolute atomic E-state index is 0.858. The molecule has 1 aromatic rings. The van der Waals surface area contributed by atoms with E-state index in [1.807, 2.05) is 0 Å². The van der Waals surface area contributed by atoms with Crippen molar-refractivity contribution < 1.29 is 0 Å². The van der Waals surface area contributed by atoms with Crippen molar-refractivity contribution in [3.63, 3.8) is 0 Å². The summed E-state index contributed by atoms with van der Waals surface area (Å²) >= 11 is 0. The van der Waals surface area contributed by atoms with Crippen LogP contribution in [0.4, 0.5) is 0 Å². The maximum atomic E-state index is 3.50. The number of rotatable bonds is 9. The number of hydrogen-bond donors (Lipinski definition) is 1. The second-order valence-corrected chi connectivity index (χ2v) is 5.56. The van der Waals surface area contributed by atoms with Crippen LogP contribution in [-0.2, 0) is 13.0 Å². The SMILES string of the molecule is CCCNCCc1ccccc1CN(CC)C1CC1. The molecular formula is C17H28N2. The number of nitrogens with one attached hydrogen (secondary N) is 1. The van der Waals surface area contributed by atoms with E-state index in [0.717, 1.165) is 32.1 Å². The summed E-state index contributed by atoms with van der Waals surface area (Å²) in [5.74, 6) is 0. The van der Waals surface area contributed by atoms with Gasteiger partial charge in [-0.2, -0.15) is 0 Å². The first-order chi connectivity index (χ1) is 9.35. The van der Waals surface area contributed by atoms with E-state index in [-0.39, 0.29) is 0 Å². The summed E-state index contributed by atoms with van der Waals surface area (Å²) in [6.07, 6.45) is 5.16. The monoisotopic (exact) mass is 260 g/mol. The molecule has 106 valence electrons. The zero-order valence-electron chi connectivity index (χ0n) is 12.5. The lowest BCUT2D eigenvalue weighted by atomic mass is 10.0. The van der Waals surface area contributed by atoms with Crippen molar-refractivity contribution in [1.29, 1.82) is 0 Å².